The molecule has 10 atom stereocenters. The van der Waals surface area contributed by atoms with Crippen molar-refractivity contribution < 1.29 is 86.0 Å². The highest BCUT2D eigenvalue weighted by atomic mass is 32.2. The van der Waals surface area contributed by atoms with Crippen LogP contribution in [-0.2, 0) is 76.8 Å². The minimum Gasteiger partial charge on any atom is -0.481 e. The number of aliphatic carboxylic acids is 3. The van der Waals surface area contributed by atoms with Crippen molar-refractivity contribution in [1.29, 1.82) is 0 Å². The number of H-pyrrole nitrogens is 3. The van der Waals surface area contributed by atoms with E-state index in [1.807, 2.05) is 30.5 Å². The van der Waals surface area contributed by atoms with Crippen LogP contribution in [0, 0.1) is 11.8 Å². The Labute approximate surface area is 522 Å². The van der Waals surface area contributed by atoms with E-state index in [0.29, 0.717) is 23.6 Å². The first-order valence-electron chi connectivity index (χ1n) is 28.1. The van der Waals surface area contributed by atoms with Crippen LogP contribution in [0.1, 0.15) is 83.2 Å². The van der Waals surface area contributed by atoms with E-state index in [2.05, 4.69) is 67.5 Å². The van der Waals surface area contributed by atoms with Crippen molar-refractivity contribution in [2.75, 3.05) is 24.0 Å². The number of hydrogen-bond donors (Lipinski definition) is 16. The van der Waals surface area contributed by atoms with E-state index in [1.54, 1.807) is 40.1 Å². The number of para-hydroxylation sites is 1. The molecule has 90 heavy (non-hydrogen) atoms. The first kappa shape index (κ1) is 75.5. The fraction of sp³-hybridized carbons (Fsp3) is 0.527. The van der Waals surface area contributed by atoms with Crippen molar-refractivity contribution >= 4 is 105 Å². The number of carboxylic acids is 3. The first-order chi connectivity index (χ1) is 42.4. The predicted octanol–water partition coefficient (Wildman–Crippen LogP) is -0.486. The molecule has 496 valence electrons. The number of primary amides is 1. The van der Waals surface area contributed by atoms with Gasteiger partial charge in [-0.1, -0.05) is 52.3 Å². The Balaban J connectivity index is 0.00000284. The predicted molar refractivity (Wildman–Crippen MR) is 322 cm³/mol. The van der Waals surface area contributed by atoms with Crippen LogP contribution < -0.4 is 54.0 Å². The summed E-state index contributed by atoms with van der Waals surface area (Å²) in [7, 11) is 0. The maximum absolute atomic E-state index is 14.5. The topological polar surface area (TPSA) is 487 Å². The number of aromatic nitrogens is 5. The average Bonchev–Trinajstić information content (AvgIpc) is 2.83. The van der Waals surface area contributed by atoms with E-state index in [9.17, 15) is 76.1 Å². The highest BCUT2D eigenvalue weighted by Crippen LogP contribution is 2.20. The lowest BCUT2D eigenvalue weighted by Crippen LogP contribution is -2.61. The van der Waals surface area contributed by atoms with Crippen molar-refractivity contribution in [1.82, 2.24) is 67.5 Å². The second-order valence-corrected chi connectivity index (χ2v) is 23.1. The van der Waals surface area contributed by atoms with Gasteiger partial charge in [0.2, 0.25) is 53.2 Å². The number of thioether (sulfide) groups is 2. The zero-order valence-electron chi connectivity index (χ0n) is 50.1. The number of imidazole rings is 2. The van der Waals surface area contributed by atoms with Crippen molar-refractivity contribution in [3.63, 3.8) is 0 Å². The minimum absolute atomic E-state index is 0.00340. The monoisotopic (exact) mass is 1310 g/mol. The van der Waals surface area contributed by atoms with E-state index >= 15 is 0 Å². The molecule has 18 N–H and O–H groups in total. The normalized spacial score (nSPS) is 14.6. The molecule has 1 aromatic carbocycles. The number of amides is 9. The number of halogens is 3. The number of nitrogens with two attached hydrogens (primary N) is 2. The van der Waals surface area contributed by atoms with Crippen LogP contribution in [0.15, 0.2) is 55.5 Å². The molecule has 0 spiro atoms. The maximum atomic E-state index is 14.5. The number of aromatic amines is 3. The second kappa shape index (κ2) is 37.3. The van der Waals surface area contributed by atoms with Gasteiger partial charge < -0.3 is 84.3 Å². The lowest BCUT2D eigenvalue weighted by Gasteiger charge is -2.28. The molecule has 0 saturated heterocycles. The third kappa shape index (κ3) is 25.8. The van der Waals surface area contributed by atoms with Crippen LogP contribution in [0.4, 0.5) is 13.2 Å². The number of carbonyl (C=O) groups is 12. The van der Waals surface area contributed by atoms with Crippen LogP contribution in [0.2, 0.25) is 0 Å². The molecule has 0 aliphatic rings. The van der Waals surface area contributed by atoms with Crippen molar-refractivity contribution in [2.24, 2.45) is 23.3 Å². The molecular formula is C55H78F3N15O15S2. The zero-order valence-corrected chi connectivity index (χ0v) is 51.7. The van der Waals surface area contributed by atoms with E-state index in [1.165, 1.54) is 48.6 Å². The van der Waals surface area contributed by atoms with Crippen molar-refractivity contribution in [3.8, 4) is 0 Å². The molecule has 30 nitrogen and oxygen atoms in total. The molecule has 0 fully saturated rings. The van der Waals surface area contributed by atoms with Gasteiger partial charge in [0.1, 0.15) is 48.3 Å². The quantitative estimate of drug-likeness (QED) is 0.0271. The molecule has 0 unspecified atom stereocenters. The average molecular weight is 1310 g/mol. The van der Waals surface area contributed by atoms with Crippen LogP contribution in [0.25, 0.3) is 10.9 Å². The Bertz CT molecular complexity index is 3060. The van der Waals surface area contributed by atoms with Crippen LogP contribution in [0.5, 0.6) is 0 Å². The molecule has 4 rings (SSSR count). The highest BCUT2D eigenvalue weighted by molar-refractivity contribution is 7.98. The highest BCUT2D eigenvalue weighted by Gasteiger charge is 2.39. The molecule has 35 heteroatoms. The van der Waals surface area contributed by atoms with Gasteiger partial charge in [0.25, 0.3) is 0 Å². The van der Waals surface area contributed by atoms with Crippen LogP contribution >= 0.6 is 23.5 Å². The number of alkyl halides is 3. The van der Waals surface area contributed by atoms with Gasteiger partial charge >= 0.3 is 24.1 Å². The van der Waals surface area contributed by atoms with Crippen LogP contribution in [-0.4, -0.2) is 196 Å². The van der Waals surface area contributed by atoms with Gasteiger partial charge in [-0.15, -0.1) is 0 Å². The van der Waals surface area contributed by atoms with E-state index < -0.39 is 150 Å². The number of benzene rings is 1. The SMILES string of the molecule is CC[C@H](C)[C@H](NC(=O)[C@H](CC(C)C)NC(=O)[C@H](CC(=O)O)NC(=O)[C@H](CCSC)NC(=O)[C@H](CC(N)=O)NC(=O)[C@H](Cc1cnc[nH]1)NC(=O)[C@H](Cc1cnc[nH]1)NC(=O)[C@H](CCSC)NC(=O)[C@@H](N)Cc1c[nH]c2ccccc12)C(=O)O.O=C(O)C(F)(F)F. The van der Waals surface area contributed by atoms with Gasteiger partial charge in [0, 0.05) is 53.7 Å². The van der Waals surface area contributed by atoms with E-state index in [-0.39, 0.29) is 50.2 Å². The summed E-state index contributed by atoms with van der Waals surface area (Å²) in [5.41, 5.74) is 14.3. The summed E-state index contributed by atoms with van der Waals surface area (Å²) in [5.74, 6) is -14.3. The van der Waals surface area contributed by atoms with Gasteiger partial charge in [-0.2, -0.15) is 36.7 Å². The van der Waals surface area contributed by atoms with Crippen molar-refractivity contribution in [2.45, 2.75) is 146 Å². The zero-order chi connectivity index (χ0) is 67.4. The number of carboxylic acid groups (broad SMARTS) is 3. The molecule has 9 amide bonds. The Hall–Kier alpha value is -8.73. The molecule has 3 aromatic heterocycles. The number of nitrogens with one attached hydrogen (secondary N) is 11. The number of hydrogen-bond acceptors (Lipinski definition) is 17. The summed E-state index contributed by atoms with van der Waals surface area (Å²) in [6, 6.07) is -5.60. The van der Waals surface area contributed by atoms with E-state index in [4.69, 9.17) is 21.4 Å². The molecule has 0 saturated carbocycles. The van der Waals surface area contributed by atoms with Gasteiger partial charge in [-0.3, -0.25) is 47.9 Å². The summed E-state index contributed by atoms with van der Waals surface area (Å²) in [6.07, 6.45) is 3.83. The summed E-state index contributed by atoms with van der Waals surface area (Å²) in [4.78, 5) is 175. The number of rotatable bonds is 37. The largest absolute Gasteiger partial charge is 0.490 e. The fourth-order valence-electron chi connectivity index (χ4n) is 8.64. The van der Waals surface area contributed by atoms with Gasteiger partial charge in [-0.05, 0) is 73.2 Å². The fourth-order valence-corrected chi connectivity index (χ4v) is 9.58. The standard InChI is InChI=1S/C53H77N15O13S2.C2HF3O2/c1-7-28(4)44(53(80)81)68-52(79)37(16-27(2)3)63-51(78)41(21-43(70)71)67-47(74)36(13-15-83-6)62-50(77)40(20-42(55)69)66-49(76)39(19-31-24-57-26-60-31)65-48(75)38(18-30-23-56-25-59-30)64-46(73)35(12-14-82-5)61-45(72)33(54)17-29-22-58-34-11-9-8-10-32(29)34;3-2(4,5)1(6)7/h8-11,22-28,33,35-41,44,58H,7,12-21,54H2,1-6H3,(H2,55,69)(H,56,59)(H,57,60)(H,61,72)(H,62,77)(H,63,78)(H,64,73)(H,65,75)(H,66,76)(H,67,74)(H,68,79)(H,70,71)(H,80,81);(H,6,7)/t28-,33-,35-,36-,37-,38-,39-,40-,41-,44-;/m0./s1. The Morgan fingerprint density at radius 3 is 1.43 bits per heavy atom. The lowest BCUT2D eigenvalue weighted by atomic mass is 9.97. The minimum atomic E-state index is -5.08. The second-order valence-electron chi connectivity index (χ2n) is 21.1. The van der Waals surface area contributed by atoms with E-state index in [0.717, 1.165) is 16.5 Å². The number of nitrogens with zero attached hydrogens (tertiary/aromatic N) is 2. The summed E-state index contributed by atoms with van der Waals surface area (Å²) >= 11 is 2.67. The Morgan fingerprint density at radius 1 is 0.589 bits per heavy atom. The molecule has 0 aliphatic carbocycles. The molecule has 0 radical (unpaired) electrons. The summed E-state index contributed by atoms with van der Waals surface area (Å²) in [5, 5.41) is 47.8. The molecule has 4 aromatic rings. The van der Waals surface area contributed by atoms with Gasteiger partial charge in [0.05, 0.1) is 31.5 Å². The molecule has 0 bridgehead atoms. The third-order valence-electron chi connectivity index (χ3n) is 13.6. The Morgan fingerprint density at radius 2 is 1.01 bits per heavy atom. The third-order valence-corrected chi connectivity index (χ3v) is 14.9. The summed E-state index contributed by atoms with van der Waals surface area (Å²) in [6.45, 7) is 6.82. The number of carbonyl (C=O) groups excluding carboxylic acids is 9. The molecular weight excluding hydrogens is 1230 g/mol. The summed E-state index contributed by atoms with van der Waals surface area (Å²) < 4.78 is 31.7. The molecule has 3 heterocycles. The van der Waals surface area contributed by atoms with Gasteiger partial charge in [-0.25, -0.2) is 19.6 Å². The maximum Gasteiger partial charge on any atom is 0.490 e. The number of fused-ring (bicyclic) bond motifs is 1. The lowest BCUT2D eigenvalue weighted by molar-refractivity contribution is -0.192. The van der Waals surface area contributed by atoms with Gasteiger partial charge in [0.15, 0.2) is 0 Å². The first-order valence-corrected chi connectivity index (χ1v) is 30.9. The smallest absolute Gasteiger partial charge is 0.481 e. The Kier molecular flexibility index (Phi) is 31.3. The van der Waals surface area contributed by atoms with Crippen LogP contribution in [0.3, 0.4) is 0 Å². The van der Waals surface area contributed by atoms with Crippen molar-refractivity contribution in [3.05, 3.63) is 72.5 Å². The molecule has 0 aliphatic heterocycles.